The molecule has 1 fully saturated rings. The lowest BCUT2D eigenvalue weighted by Gasteiger charge is -2.26. The fraction of sp³-hybridized carbons (Fsp3) is 0.440. The summed E-state index contributed by atoms with van der Waals surface area (Å²) < 4.78 is 0. The lowest BCUT2D eigenvalue weighted by atomic mass is 9.95. The number of nitrogens with zero attached hydrogens (tertiary/aromatic N) is 2. The molecule has 160 valence electrons. The Kier molecular flexibility index (Phi) is 7.50. The Bertz CT molecular complexity index is 856. The average molecular weight is 408 g/mol. The quantitative estimate of drug-likeness (QED) is 0.677. The Balaban J connectivity index is 1.89. The van der Waals surface area contributed by atoms with E-state index in [1.54, 1.807) is 0 Å². The second kappa shape index (κ2) is 10.3. The molecule has 1 N–H and O–H groups in total. The highest BCUT2D eigenvalue weighted by Crippen LogP contribution is 2.30. The van der Waals surface area contributed by atoms with Crippen LogP contribution < -0.4 is 10.2 Å². The summed E-state index contributed by atoms with van der Waals surface area (Å²) in [5, 5.41) is 3.05. The van der Waals surface area contributed by atoms with Crippen molar-refractivity contribution in [1.29, 1.82) is 0 Å². The minimum Gasteiger partial charge on any atom is -0.371 e. The van der Waals surface area contributed by atoms with E-state index in [1.165, 1.54) is 0 Å². The first kappa shape index (κ1) is 21.9. The van der Waals surface area contributed by atoms with Crippen LogP contribution in [0.2, 0.25) is 0 Å². The number of hydrogen-bond acceptors (Lipinski definition) is 3. The SMILES string of the molecule is CCC(C(=O)Nc1ccc(N2CCCC2)c(C(=O)N(CC)CC)c1)c1ccccc1. The van der Waals surface area contributed by atoms with Crippen molar-refractivity contribution in [1.82, 2.24) is 4.90 Å². The number of rotatable bonds is 8. The van der Waals surface area contributed by atoms with Crippen molar-refractivity contribution in [3.63, 3.8) is 0 Å². The molecule has 0 spiro atoms. The molecule has 30 heavy (non-hydrogen) atoms. The van der Waals surface area contributed by atoms with Crippen molar-refractivity contribution in [2.75, 3.05) is 36.4 Å². The van der Waals surface area contributed by atoms with Gasteiger partial charge in [-0.2, -0.15) is 0 Å². The summed E-state index contributed by atoms with van der Waals surface area (Å²) in [6, 6.07) is 15.6. The van der Waals surface area contributed by atoms with Crippen molar-refractivity contribution < 1.29 is 9.59 Å². The van der Waals surface area contributed by atoms with Gasteiger partial charge in [-0.05, 0) is 56.9 Å². The van der Waals surface area contributed by atoms with E-state index < -0.39 is 0 Å². The van der Waals surface area contributed by atoms with Crippen molar-refractivity contribution in [2.45, 2.75) is 46.0 Å². The lowest BCUT2D eigenvalue weighted by molar-refractivity contribution is -0.117. The molecule has 5 heteroatoms. The van der Waals surface area contributed by atoms with Gasteiger partial charge in [0.2, 0.25) is 5.91 Å². The van der Waals surface area contributed by atoms with Crippen molar-refractivity contribution in [3.05, 3.63) is 59.7 Å². The molecule has 0 aliphatic carbocycles. The normalized spacial score (nSPS) is 14.4. The molecule has 3 rings (SSSR count). The van der Waals surface area contributed by atoms with Crippen LogP contribution in [0.3, 0.4) is 0 Å². The summed E-state index contributed by atoms with van der Waals surface area (Å²) in [5.41, 5.74) is 3.32. The van der Waals surface area contributed by atoms with Crippen LogP contribution >= 0.6 is 0 Å². The van der Waals surface area contributed by atoms with Gasteiger partial charge < -0.3 is 15.1 Å². The average Bonchev–Trinajstić information content (AvgIpc) is 3.30. The van der Waals surface area contributed by atoms with Crippen molar-refractivity contribution in [3.8, 4) is 0 Å². The molecule has 1 saturated heterocycles. The third kappa shape index (κ3) is 4.84. The Morgan fingerprint density at radius 3 is 2.27 bits per heavy atom. The number of anilines is 2. The fourth-order valence-electron chi connectivity index (χ4n) is 4.19. The molecule has 0 bridgehead atoms. The van der Waals surface area contributed by atoms with Gasteiger partial charge in [0.05, 0.1) is 11.5 Å². The van der Waals surface area contributed by atoms with E-state index in [0.717, 1.165) is 37.2 Å². The summed E-state index contributed by atoms with van der Waals surface area (Å²) in [5.74, 6) is -0.238. The largest absolute Gasteiger partial charge is 0.371 e. The van der Waals surface area contributed by atoms with Gasteiger partial charge in [-0.15, -0.1) is 0 Å². The maximum absolute atomic E-state index is 13.2. The molecule has 0 radical (unpaired) electrons. The second-order valence-corrected chi connectivity index (χ2v) is 7.76. The highest BCUT2D eigenvalue weighted by Gasteiger charge is 2.24. The van der Waals surface area contributed by atoms with E-state index >= 15 is 0 Å². The van der Waals surface area contributed by atoms with Crippen LogP contribution in [0.5, 0.6) is 0 Å². The van der Waals surface area contributed by atoms with E-state index in [4.69, 9.17) is 0 Å². The number of amides is 2. The first-order chi connectivity index (χ1) is 14.6. The Labute approximate surface area is 180 Å². The minimum absolute atomic E-state index is 0.0214. The molecule has 2 aromatic carbocycles. The smallest absolute Gasteiger partial charge is 0.256 e. The zero-order valence-corrected chi connectivity index (χ0v) is 18.4. The van der Waals surface area contributed by atoms with Gasteiger partial charge in [-0.25, -0.2) is 0 Å². The van der Waals surface area contributed by atoms with Gasteiger partial charge in [0.25, 0.3) is 5.91 Å². The van der Waals surface area contributed by atoms with Gasteiger partial charge >= 0.3 is 0 Å². The van der Waals surface area contributed by atoms with Crippen LogP contribution in [-0.4, -0.2) is 42.9 Å². The van der Waals surface area contributed by atoms with Crippen molar-refractivity contribution in [2.24, 2.45) is 0 Å². The van der Waals surface area contributed by atoms with Crippen molar-refractivity contribution >= 4 is 23.2 Å². The fourth-order valence-corrected chi connectivity index (χ4v) is 4.19. The lowest BCUT2D eigenvalue weighted by Crippen LogP contribution is -2.32. The predicted molar refractivity (Wildman–Crippen MR) is 123 cm³/mol. The molecule has 2 aromatic rings. The molecular weight excluding hydrogens is 374 g/mol. The molecule has 1 heterocycles. The Morgan fingerprint density at radius 1 is 1.00 bits per heavy atom. The van der Waals surface area contributed by atoms with Crippen LogP contribution in [0.4, 0.5) is 11.4 Å². The molecule has 1 aliphatic rings. The van der Waals surface area contributed by atoms with Crippen LogP contribution in [0.15, 0.2) is 48.5 Å². The summed E-state index contributed by atoms with van der Waals surface area (Å²) in [4.78, 5) is 30.3. The first-order valence-electron chi connectivity index (χ1n) is 11.1. The number of carbonyl (C=O) groups excluding carboxylic acids is 2. The van der Waals surface area contributed by atoms with E-state index in [1.807, 2.05) is 74.2 Å². The zero-order valence-electron chi connectivity index (χ0n) is 18.4. The number of hydrogen-bond donors (Lipinski definition) is 1. The molecular formula is C25H33N3O2. The maximum atomic E-state index is 13.2. The number of carbonyl (C=O) groups is 2. The van der Waals surface area contributed by atoms with Gasteiger partial charge in [0.15, 0.2) is 0 Å². The third-order valence-electron chi connectivity index (χ3n) is 5.92. The Hall–Kier alpha value is -2.82. The molecule has 0 aromatic heterocycles. The van der Waals surface area contributed by atoms with Gasteiger partial charge in [0.1, 0.15) is 0 Å². The van der Waals surface area contributed by atoms with Crippen LogP contribution in [0.25, 0.3) is 0 Å². The molecule has 2 amide bonds. The summed E-state index contributed by atoms with van der Waals surface area (Å²) >= 11 is 0. The second-order valence-electron chi connectivity index (χ2n) is 7.76. The van der Waals surface area contributed by atoms with E-state index in [-0.39, 0.29) is 17.7 Å². The van der Waals surface area contributed by atoms with E-state index in [2.05, 4.69) is 10.2 Å². The van der Waals surface area contributed by atoms with Gasteiger partial charge in [0, 0.05) is 37.6 Å². The van der Waals surface area contributed by atoms with Gasteiger partial charge in [-0.3, -0.25) is 9.59 Å². The molecule has 5 nitrogen and oxygen atoms in total. The minimum atomic E-state index is -0.216. The Morgan fingerprint density at radius 2 is 1.67 bits per heavy atom. The van der Waals surface area contributed by atoms with Gasteiger partial charge in [-0.1, -0.05) is 37.3 Å². The molecule has 0 saturated carbocycles. The summed E-state index contributed by atoms with van der Waals surface area (Å²) in [7, 11) is 0. The highest BCUT2D eigenvalue weighted by molar-refractivity contribution is 6.03. The topological polar surface area (TPSA) is 52.7 Å². The summed E-state index contributed by atoms with van der Waals surface area (Å²) in [6.45, 7) is 9.27. The van der Waals surface area contributed by atoms with Crippen LogP contribution in [-0.2, 0) is 4.79 Å². The molecule has 1 atom stereocenters. The van der Waals surface area contributed by atoms with E-state index in [9.17, 15) is 9.59 Å². The number of nitrogens with one attached hydrogen (secondary N) is 1. The third-order valence-corrected chi connectivity index (χ3v) is 5.92. The van der Waals surface area contributed by atoms with Crippen LogP contribution in [0, 0.1) is 0 Å². The predicted octanol–water partition coefficient (Wildman–Crippen LogP) is 4.90. The standard InChI is InChI=1S/C25H33N3O2/c1-4-21(19-12-8-7-9-13-19)24(29)26-20-14-15-23(28-16-10-11-17-28)22(18-20)25(30)27(5-2)6-3/h7-9,12-15,18,21H,4-6,10-11,16-17H2,1-3H3,(H,26,29). The highest BCUT2D eigenvalue weighted by atomic mass is 16.2. The molecule has 1 aliphatic heterocycles. The van der Waals surface area contributed by atoms with E-state index in [0.29, 0.717) is 30.8 Å². The molecule has 1 unspecified atom stereocenters. The number of benzene rings is 2. The first-order valence-corrected chi connectivity index (χ1v) is 11.1. The zero-order chi connectivity index (χ0) is 21.5. The van der Waals surface area contributed by atoms with Crippen LogP contribution in [0.1, 0.15) is 61.9 Å². The summed E-state index contributed by atoms with van der Waals surface area (Å²) in [6.07, 6.45) is 3.01. The monoisotopic (exact) mass is 407 g/mol. The maximum Gasteiger partial charge on any atom is 0.256 e.